The van der Waals surface area contributed by atoms with Crippen LogP contribution in [0.25, 0.3) is 33.8 Å². The number of hydrogen-bond acceptors (Lipinski definition) is 6. The number of aromatic nitrogens is 6. The zero-order chi connectivity index (χ0) is 21.9. The van der Waals surface area contributed by atoms with Gasteiger partial charge in [0, 0.05) is 52.6 Å². The van der Waals surface area contributed by atoms with Gasteiger partial charge in [-0.2, -0.15) is 10.2 Å². The van der Waals surface area contributed by atoms with Gasteiger partial charge >= 0.3 is 0 Å². The first-order valence-electron chi connectivity index (χ1n) is 10.0. The largest absolute Gasteiger partial charge is 0.399 e. The van der Waals surface area contributed by atoms with Crippen LogP contribution in [0.15, 0.2) is 90.2 Å². The number of nitrogens with two attached hydrogens (primary N) is 1. The van der Waals surface area contributed by atoms with Crippen LogP contribution in [0.2, 0.25) is 0 Å². The Bertz CT molecular complexity index is 1420. The fraction of sp³-hybridized carbons (Fsp3) is 0.0417. The lowest BCUT2D eigenvalue weighted by Crippen LogP contribution is -2.22. The fourth-order valence-corrected chi connectivity index (χ4v) is 3.43. The molecule has 8 nitrogen and oxygen atoms in total. The molecule has 0 saturated carbocycles. The molecule has 3 N–H and O–H groups in total. The number of nitrogen functional groups attached to an aromatic ring is 1. The van der Waals surface area contributed by atoms with E-state index >= 15 is 0 Å². The number of rotatable bonds is 5. The Balaban J connectivity index is 1.42. The van der Waals surface area contributed by atoms with Crippen molar-refractivity contribution in [3.63, 3.8) is 0 Å². The van der Waals surface area contributed by atoms with Crippen molar-refractivity contribution in [1.29, 1.82) is 0 Å². The van der Waals surface area contributed by atoms with Crippen LogP contribution in [0.5, 0.6) is 0 Å². The first kappa shape index (κ1) is 19.4. The van der Waals surface area contributed by atoms with Gasteiger partial charge in [0.2, 0.25) is 0 Å². The van der Waals surface area contributed by atoms with E-state index < -0.39 is 0 Å². The van der Waals surface area contributed by atoms with E-state index in [4.69, 9.17) is 5.73 Å². The highest BCUT2D eigenvalue weighted by molar-refractivity contribution is 5.64. The summed E-state index contributed by atoms with van der Waals surface area (Å²) in [5, 5.41) is 11.3. The van der Waals surface area contributed by atoms with Crippen molar-refractivity contribution in [3.8, 4) is 33.8 Å². The summed E-state index contributed by atoms with van der Waals surface area (Å²) in [6.45, 7) is 0.329. The van der Waals surface area contributed by atoms with Gasteiger partial charge in [0.15, 0.2) is 5.82 Å². The highest BCUT2D eigenvalue weighted by Crippen LogP contribution is 2.21. The van der Waals surface area contributed by atoms with E-state index in [-0.39, 0.29) is 5.56 Å². The Morgan fingerprint density at radius 3 is 2.44 bits per heavy atom. The second-order valence-corrected chi connectivity index (χ2v) is 7.32. The molecule has 0 aliphatic heterocycles. The molecule has 5 aromatic rings. The highest BCUT2D eigenvalue weighted by atomic mass is 16.1. The van der Waals surface area contributed by atoms with E-state index in [9.17, 15) is 4.79 Å². The molecule has 8 heteroatoms. The van der Waals surface area contributed by atoms with Crippen LogP contribution < -0.4 is 11.3 Å². The van der Waals surface area contributed by atoms with Crippen LogP contribution in [0, 0.1) is 0 Å². The lowest BCUT2D eigenvalue weighted by atomic mass is 10.1. The molecule has 2 aromatic carbocycles. The van der Waals surface area contributed by atoms with E-state index in [1.165, 1.54) is 10.7 Å². The van der Waals surface area contributed by atoms with Gasteiger partial charge in [-0.25, -0.2) is 14.6 Å². The first-order chi connectivity index (χ1) is 15.7. The summed E-state index contributed by atoms with van der Waals surface area (Å²) in [5.41, 5.74) is 11.5. The van der Waals surface area contributed by atoms with E-state index in [0.717, 1.165) is 27.8 Å². The minimum absolute atomic E-state index is 0.177. The Morgan fingerprint density at radius 2 is 1.66 bits per heavy atom. The topological polar surface area (TPSA) is 115 Å². The molecule has 0 aliphatic carbocycles. The zero-order valence-electron chi connectivity index (χ0n) is 17.0. The summed E-state index contributed by atoms with van der Waals surface area (Å²) in [6.07, 6.45) is 7.05. The van der Waals surface area contributed by atoms with Gasteiger partial charge in [-0.15, -0.1) is 0 Å². The molecule has 0 atom stereocenters. The second-order valence-electron chi connectivity index (χ2n) is 7.32. The standard InChI is InChI=1S/C24H19N7O/c25-21-6-2-4-17(10-21)22-7-8-23(32)31(30-22)15-16-3-1-5-18(9-16)24-26-11-19(12-27-24)20-13-28-29-14-20/h1-14H,15,25H2,(H,28,29). The Labute approximate surface area is 183 Å². The lowest BCUT2D eigenvalue weighted by Gasteiger charge is -2.09. The lowest BCUT2D eigenvalue weighted by molar-refractivity contribution is 0.643. The molecule has 156 valence electrons. The number of aromatic amines is 1. The molecule has 0 bridgehead atoms. The Morgan fingerprint density at radius 1 is 0.844 bits per heavy atom. The monoisotopic (exact) mass is 421 g/mol. The molecular weight excluding hydrogens is 402 g/mol. The van der Waals surface area contributed by atoms with Crippen molar-refractivity contribution in [1.82, 2.24) is 29.9 Å². The summed E-state index contributed by atoms with van der Waals surface area (Å²) < 4.78 is 1.44. The van der Waals surface area contributed by atoms with Gasteiger partial charge < -0.3 is 5.73 Å². The van der Waals surface area contributed by atoms with Crippen molar-refractivity contribution in [3.05, 3.63) is 101 Å². The molecule has 0 saturated heterocycles. The van der Waals surface area contributed by atoms with Crippen molar-refractivity contribution in [2.75, 3.05) is 5.73 Å². The predicted molar refractivity (Wildman–Crippen MR) is 122 cm³/mol. The summed E-state index contributed by atoms with van der Waals surface area (Å²) >= 11 is 0. The Hall–Kier alpha value is -4.59. The zero-order valence-corrected chi connectivity index (χ0v) is 17.0. The minimum atomic E-state index is -0.177. The van der Waals surface area contributed by atoms with Crippen LogP contribution in [0.4, 0.5) is 5.69 Å². The second kappa shape index (κ2) is 8.27. The predicted octanol–water partition coefficient (Wildman–Crippen LogP) is 3.39. The summed E-state index contributed by atoms with van der Waals surface area (Å²) in [7, 11) is 0. The number of H-pyrrole nitrogens is 1. The van der Waals surface area contributed by atoms with Crippen molar-refractivity contribution in [2.24, 2.45) is 0 Å². The van der Waals surface area contributed by atoms with Crippen LogP contribution in [0.1, 0.15) is 5.56 Å². The number of nitrogens with one attached hydrogen (secondary N) is 1. The maximum atomic E-state index is 12.4. The summed E-state index contributed by atoms with van der Waals surface area (Å²) in [4.78, 5) is 21.4. The van der Waals surface area contributed by atoms with E-state index in [1.807, 2.05) is 48.5 Å². The molecule has 3 heterocycles. The normalized spacial score (nSPS) is 10.9. The number of anilines is 1. The van der Waals surface area contributed by atoms with E-state index in [0.29, 0.717) is 23.8 Å². The number of benzene rings is 2. The summed E-state index contributed by atoms with van der Waals surface area (Å²) in [6, 6.07) is 18.4. The Kier molecular flexibility index (Phi) is 5.01. The van der Waals surface area contributed by atoms with Crippen LogP contribution in [-0.2, 0) is 6.54 Å². The quantitative estimate of drug-likeness (QED) is 0.420. The number of nitrogens with zero attached hydrogens (tertiary/aromatic N) is 5. The van der Waals surface area contributed by atoms with E-state index in [2.05, 4.69) is 25.3 Å². The molecule has 3 aromatic heterocycles. The molecule has 0 radical (unpaired) electrons. The molecule has 5 rings (SSSR count). The molecule has 0 unspecified atom stereocenters. The van der Waals surface area contributed by atoms with Crippen molar-refractivity contribution < 1.29 is 0 Å². The van der Waals surface area contributed by atoms with Gasteiger partial charge in [-0.3, -0.25) is 9.89 Å². The maximum Gasteiger partial charge on any atom is 0.267 e. The third-order valence-electron chi connectivity index (χ3n) is 5.05. The van der Waals surface area contributed by atoms with Crippen LogP contribution in [0.3, 0.4) is 0 Å². The van der Waals surface area contributed by atoms with Crippen LogP contribution in [-0.4, -0.2) is 29.9 Å². The van der Waals surface area contributed by atoms with Gasteiger partial charge in [0.1, 0.15) is 0 Å². The van der Waals surface area contributed by atoms with E-state index in [1.54, 1.807) is 30.9 Å². The highest BCUT2D eigenvalue weighted by Gasteiger charge is 2.08. The number of hydrogen-bond donors (Lipinski definition) is 2. The van der Waals surface area contributed by atoms with Gasteiger partial charge in [-0.1, -0.05) is 30.3 Å². The molecule has 0 spiro atoms. The molecule has 32 heavy (non-hydrogen) atoms. The first-order valence-corrected chi connectivity index (χ1v) is 10.0. The van der Waals surface area contributed by atoms with Gasteiger partial charge in [0.05, 0.1) is 18.4 Å². The molecule has 0 aliphatic rings. The molecule has 0 amide bonds. The smallest absolute Gasteiger partial charge is 0.267 e. The third-order valence-corrected chi connectivity index (χ3v) is 5.05. The van der Waals surface area contributed by atoms with Crippen molar-refractivity contribution in [2.45, 2.75) is 6.54 Å². The maximum absolute atomic E-state index is 12.4. The average Bonchev–Trinajstić information content (AvgIpc) is 3.36. The SMILES string of the molecule is Nc1cccc(-c2ccc(=O)n(Cc3cccc(-c4ncc(-c5cn[nH]c5)cn4)c3)n2)c1. The summed E-state index contributed by atoms with van der Waals surface area (Å²) in [5.74, 6) is 0.605. The average molecular weight is 421 g/mol. The molecular formula is C24H19N7O. The molecule has 0 fully saturated rings. The third kappa shape index (κ3) is 4.01. The fourth-order valence-electron chi connectivity index (χ4n) is 3.43. The van der Waals surface area contributed by atoms with Gasteiger partial charge in [0.25, 0.3) is 5.56 Å². The van der Waals surface area contributed by atoms with Crippen LogP contribution >= 0.6 is 0 Å². The minimum Gasteiger partial charge on any atom is -0.399 e. The van der Waals surface area contributed by atoms with Crippen molar-refractivity contribution >= 4 is 5.69 Å². The van der Waals surface area contributed by atoms with Gasteiger partial charge in [-0.05, 0) is 29.8 Å².